The summed E-state index contributed by atoms with van der Waals surface area (Å²) in [5.41, 5.74) is 0.447. The lowest BCUT2D eigenvalue weighted by molar-refractivity contribution is 0.0787. The zero-order chi connectivity index (χ0) is 15.3. The van der Waals surface area contributed by atoms with Crippen LogP contribution in [0.4, 0.5) is 0 Å². The molecule has 0 saturated heterocycles. The smallest absolute Gasteiger partial charge is 0.0471 e. The van der Waals surface area contributed by atoms with E-state index in [1.807, 2.05) is 0 Å². The normalized spacial score (nSPS) is 14.7. The molecule has 0 saturated carbocycles. The van der Waals surface area contributed by atoms with Crippen LogP contribution in [0.15, 0.2) is 0 Å². The van der Waals surface area contributed by atoms with Crippen LogP contribution in [0.3, 0.4) is 0 Å². The molecule has 0 bridgehead atoms. The molecule has 1 atom stereocenters. The van der Waals surface area contributed by atoms with E-state index in [9.17, 15) is 0 Å². The molecule has 0 aliphatic carbocycles. The van der Waals surface area contributed by atoms with E-state index in [1.165, 1.54) is 44.9 Å². The van der Waals surface area contributed by atoms with Gasteiger partial charge in [0.25, 0.3) is 0 Å². The van der Waals surface area contributed by atoms with Gasteiger partial charge in [-0.25, -0.2) is 0 Å². The molecule has 2 nitrogen and oxygen atoms in total. The van der Waals surface area contributed by atoms with Crippen molar-refractivity contribution < 1.29 is 4.74 Å². The predicted octanol–water partition coefficient (Wildman–Crippen LogP) is 5.03. The van der Waals surface area contributed by atoms with Crippen LogP contribution in [-0.4, -0.2) is 26.3 Å². The molecular formula is C18H39NO. The molecule has 0 radical (unpaired) electrons. The molecule has 0 aromatic carbocycles. The monoisotopic (exact) mass is 285 g/mol. The topological polar surface area (TPSA) is 21.3 Å². The van der Waals surface area contributed by atoms with E-state index in [4.69, 9.17) is 4.74 Å². The van der Waals surface area contributed by atoms with E-state index in [0.717, 1.165) is 32.2 Å². The second-order valence-corrected chi connectivity index (χ2v) is 6.68. The zero-order valence-corrected chi connectivity index (χ0v) is 14.8. The average Bonchev–Trinajstić information content (AvgIpc) is 2.43. The highest BCUT2D eigenvalue weighted by molar-refractivity contribution is 4.80. The number of hydrogen-bond acceptors (Lipinski definition) is 2. The summed E-state index contributed by atoms with van der Waals surface area (Å²) in [5.74, 6) is 0.747. The number of ether oxygens (including phenoxy) is 1. The van der Waals surface area contributed by atoms with Crippen LogP contribution in [0.5, 0.6) is 0 Å². The first kappa shape index (κ1) is 19.9. The van der Waals surface area contributed by atoms with Crippen LogP contribution in [0.1, 0.15) is 79.6 Å². The standard InChI is InChI=1S/C18H39NO/c1-6-9-11-18(8-3,16-19-13-7-2)12-15-20-14-10-17(4)5/h17,19H,6-16H2,1-5H3. The van der Waals surface area contributed by atoms with Crippen molar-refractivity contribution in [2.45, 2.75) is 79.6 Å². The maximum atomic E-state index is 5.86. The van der Waals surface area contributed by atoms with Gasteiger partial charge in [0.1, 0.15) is 0 Å². The molecular weight excluding hydrogens is 246 g/mol. The fourth-order valence-corrected chi connectivity index (χ4v) is 2.57. The Hall–Kier alpha value is -0.0800. The molecule has 2 heteroatoms. The van der Waals surface area contributed by atoms with Gasteiger partial charge in [-0.2, -0.15) is 0 Å². The van der Waals surface area contributed by atoms with Crippen LogP contribution in [0.25, 0.3) is 0 Å². The molecule has 0 spiro atoms. The molecule has 1 N–H and O–H groups in total. The first-order valence-corrected chi connectivity index (χ1v) is 8.88. The number of unbranched alkanes of at least 4 members (excludes halogenated alkanes) is 1. The van der Waals surface area contributed by atoms with Crippen LogP contribution >= 0.6 is 0 Å². The molecule has 122 valence electrons. The summed E-state index contributed by atoms with van der Waals surface area (Å²) in [6.07, 6.45) is 8.85. The highest BCUT2D eigenvalue weighted by Crippen LogP contribution is 2.32. The first-order valence-electron chi connectivity index (χ1n) is 8.88. The Morgan fingerprint density at radius 3 is 2.30 bits per heavy atom. The van der Waals surface area contributed by atoms with Gasteiger partial charge in [0.2, 0.25) is 0 Å². The largest absolute Gasteiger partial charge is 0.381 e. The summed E-state index contributed by atoms with van der Waals surface area (Å²) < 4.78 is 5.86. The van der Waals surface area contributed by atoms with E-state index in [2.05, 4.69) is 39.9 Å². The SMILES string of the molecule is CCCCC(CC)(CCOCCC(C)C)CNCCC. The molecule has 20 heavy (non-hydrogen) atoms. The number of nitrogens with one attached hydrogen (secondary N) is 1. The summed E-state index contributed by atoms with van der Waals surface area (Å²) in [6.45, 7) is 15.5. The lowest BCUT2D eigenvalue weighted by Gasteiger charge is -2.33. The third-order valence-corrected chi connectivity index (χ3v) is 4.35. The van der Waals surface area contributed by atoms with E-state index >= 15 is 0 Å². The van der Waals surface area contributed by atoms with E-state index in [1.54, 1.807) is 0 Å². The van der Waals surface area contributed by atoms with Crippen molar-refractivity contribution in [3.05, 3.63) is 0 Å². The van der Waals surface area contributed by atoms with Crippen molar-refractivity contribution in [2.75, 3.05) is 26.3 Å². The molecule has 0 aliphatic rings. The fourth-order valence-electron chi connectivity index (χ4n) is 2.57. The first-order chi connectivity index (χ1) is 9.60. The van der Waals surface area contributed by atoms with Crippen molar-refractivity contribution in [1.29, 1.82) is 0 Å². The molecule has 0 aromatic heterocycles. The molecule has 1 unspecified atom stereocenters. The second kappa shape index (κ2) is 12.6. The second-order valence-electron chi connectivity index (χ2n) is 6.68. The molecule has 0 aromatic rings. The Labute approximate surface area is 128 Å². The lowest BCUT2D eigenvalue weighted by Crippen LogP contribution is -2.35. The maximum Gasteiger partial charge on any atom is 0.0471 e. The highest BCUT2D eigenvalue weighted by Gasteiger charge is 2.26. The van der Waals surface area contributed by atoms with Crippen LogP contribution in [0, 0.1) is 11.3 Å². The van der Waals surface area contributed by atoms with Gasteiger partial charge >= 0.3 is 0 Å². The van der Waals surface area contributed by atoms with Gasteiger partial charge in [-0.05, 0) is 50.0 Å². The van der Waals surface area contributed by atoms with E-state index in [-0.39, 0.29) is 0 Å². The zero-order valence-electron chi connectivity index (χ0n) is 14.8. The Kier molecular flexibility index (Phi) is 12.6. The van der Waals surface area contributed by atoms with Gasteiger partial charge in [0.05, 0.1) is 0 Å². The summed E-state index contributed by atoms with van der Waals surface area (Å²) in [7, 11) is 0. The highest BCUT2D eigenvalue weighted by atomic mass is 16.5. The summed E-state index contributed by atoms with van der Waals surface area (Å²) >= 11 is 0. The van der Waals surface area contributed by atoms with Crippen LogP contribution in [0.2, 0.25) is 0 Å². The Bertz CT molecular complexity index is 206. The van der Waals surface area contributed by atoms with Crippen LogP contribution < -0.4 is 5.32 Å². The molecule has 0 amide bonds. The third kappa shape index (κ3) is 9.77. The molecule has 0 rings (SSSR count). The van der Waals surface area contributed by atoms with Gasteiger partial charge in [0.15, 0.2) is 0 Å². The summed E-state index contributed by atoms with van der Waals surface area (Å²) in [6, 6.07) is 0. The van der Waals surface area contributed by atoms with Gasteiger partial charge < -0.3 is 10.1 Å². The van der Waals surface area contributed by atoms with Crippen molar-refractivity contribution in [1.82, 2.24) is 5.32 Å². The quantitative estimate of drug-likeness (QED) is 0.452. The third-order valence-electron chi connectivity index (χ3n) is 4.35. The summed E-state index contributed by atoms with van der Waals surface area (Å²) in [5, 5.41) is 3.64. The molecule has 0 fully saturated rings. The number of hydrogen-bond donors (Lipinski definition) is 1. The fraction of sp³-hybridized carbons (Fsp3) is 1.00. The Morgan fingerprint density at radius 1 is 1.00 bits per heavy atom. The van der Waals surface area contributed by atoms with Crippen LogP contribution in [-0.2, 0) is 4.74 Å². The van der Waals surface area contributed by atoms with E-state index in [0.29, 0.717) is 5.41 Å². The predicted molar refractivity (Wildman–Crippen MR) is 90.3 cm³/mol. The Morgan fingerprint density at radius 2 is 1.75 bits per heavy atom. The minimum Gasteiger partial charge on any atom is -0.381 e. The van der Waals surface area contributed by atoms with Gasteiger partial charge in [-0.15, -0.1) is 0 Å². The van der Waals surface area contributed by atoms with Crippen molar-refractivity contribution in [3.8, 4) is 0 Å². The van der Waals surface area contributed by atoms with Crippen molar-refractivity contribution in [2.24, 2.45) is 11.3 Å². The maximum absolute atomic E-state index is 5.86. The summed E-state index contributed by atoms with van der Waals surface area (Å²) in [4.78, 5) is 0. The number of rotatable bonds is 14. The lowest BCUT2D eigenvalue weighted by atomic mass is 9.77. The Balaban J connectivity index is 4.12. The molecule has 0 heterocycles. The van der Waals surface area contributed by atoms with Gasteiger partial charge in [-0.3, -0.25) is 0 Å². The van der Waals surface area contributed by atoms with Crippen molar-refractivity contribution in [3.63, 3.8) is 0 Å². The molecule has 0 aliphatic heterocycles. The van der Waals surface area contributed by atoms with Crippen molar-refractivity contribution >= 4 is 0 Å². The van der Waals surface area contributed by atoms with Gasteiger partial charge in [0, 0.05) is 19.8 Å². The minimum atomic E-state index is 0.447. The van der Waals surface area contributed by atoms with E-state index < -0.39 is 0 Å². The van der Waals surface area contributed by atoms with Gasteiger partial charge in [-0.1, -0.05) is 47.5 Å². The minimum absolute atomic E-state index is 0.447. The average molecular weight is 286 g/mol.